The molecule has 4 rings (SSSR count). The van der Waals surface area contributed by atoms with Gasteiger partial charge in [0.2, 0.25) is 15.9 Å². The van der Waals surface area contributed by atoms with Crippen molar-refractivity contribution in [1.82, 2.24) is 4.31 Å². The van der Waals surface area contributed by atoms with E-state index >= 15 is 0 Å². The highest BCUT2D eigenvalue weighted by atomic mass is 35.5. The molecule has 1 aliphatic heterocycles. The van der Waals surface area contributed by atoms with E-state index in [0.29, 0.717) is 23.9 Å². The summed E-state index contributed by atoms with van der Waals surface area (Å²) in [6, 6.07) is 18.2. The van der Waals surface area contributed by atoms with Crippen LogP contribution in [0.4, 0.5) is 11.4 Å². The number of hydrogen-bond donors (Lipinski definition) is 1. The Hall–Kier alpha value is -2.96. The first-order valence-corrected chi connectivity index (χ1v) is 14.7. The molecular formula is C25H26ClN3O6S2. The molecule has 1 heterocycles. The van der Waals surface area contributed by atoms with Crippen molar-refractivity contribution in [3.63, 3.8) is 0 Å². The van der Waals surface area contributed by atoms with E-state index in [1.165, 1.54) is 52.8 Å². The van der Waals surface area contributed by atoms with Gasteiger partial charge in [-0.05, 0) is 67.6 Å². The average molecular weight is 564 g/mol. The van der Waals surface area contributed by atoms with E-state index in [0.717, 1.165) is 9.87 Å². The number of amides is 1. The van der Waals surface area contributed by atoms with Crippen molar-refractivity contribution in [2.24, 2.45) is 0 Å². The smallest absolute Gasteiger partial charge is 0.264 e. The number of rotatable bonds is 8. The molecule has 0 bridgehead atoms. The van der Waals surface area contributed by atoms with Gasteiger partial charge in [-0.3, -0.25) is 9.10 Å². The molecule has 0 radical (unpaired) electrons. The van der Waals surface area contributed by atoms with Gasteiger partial charge in [0.05, 0.1) is 28.7 Å². The van der Waals surface area contributed by atoms with Crippen LogP contribution >= 0.6 is 11.6 Å². The molecule has 0 saturated carbocycles. The standard InChI is InChI=1S/C25H26ClN3O6S2/c1-19-2-10-24(11-3-19)37(33,34)29(22-8-4-20(26)5-9-22)18-25(30)27-21-6-12-23(13-7-21)36(31,32)28-14-16-35-17-15-28/h2-13H,14-18H2,1H3,(H,27,30). The van der Waals surface area contributed by atoms with Crippen LogP contribution in [-0.2, 0) is 29.6 Å². The Morgan fingerprint density at radius 2 is 1.46 bits per heavy atom. The third-order valence-electron chi connectivity index (χ3n) is 5.76. The van der Waals surface area contributed by atoms with E-state index in [1.807, 2.05) is 6.92 Å². The van der Waals surface area contributed by atoms with Gasteiger partial charge in [0, 0.05) is 23.8 Å². The maximum atomic E-state index is 13.5. The van der Waals surface area contributed by atoms with Crippen molar-refractivity contribution < 1.29 is 26.4 Å². The Bertz CT molecular complexity index is 1450. The van der Waals surface area contributed by atoms with Crippen LogP contribution in [0.5, 0.6) is 0 Å². The van der Waals surface area contributed by atoms with Crippen LogP contribution in [-0.4, -0.2) is 59.9 Å². The third kappa shape index (κ3) is 6.31. The Balaban J connectivity index is 1.53. The minimum atomic E-state index is -4.08. The lowest BCUT2D eigenvalue weighted by Crippen LogP contribution is -2.40. The van der Waals surface area contributed by atoms with E-state index in [1.54, 1.807) is 24.3 Å². The Labute approximate surface area is 221 Å². The van der Waals surface area contributed by atoms with E-state index in [4.69, 9.17) is 16.3 Å². The number of carbonyl (C=O) groups excluding carboxylic acids is 1. The van der Waals surface area contributed by atoms with Crippen LogP contribution in [0, 0.1) is 6.92 Å². The van der Waals surface area contributed by atoms with Crippen molar-refractivity contribution in [1.29, 1.82) is 0 Å². The van der Waals surface area contributed by atoms with Crippen LogP contribution in [0.1, 0.15) is 5.56 Å². The molecule has 9 nitrogen and oxygen atoms in total. The molecule has 1 fully saturated rings. The zero-order valence-electron chi connectivity index (χ0n) is 20.0. The fourth-order valence-electron chi connectivity index (χ4n) is 3.74. The maximum Gasteiger partial charge on any atom is 0.264 e. The molecule has 196 valence electrons. The van der Waals surface area contributed by atoms with Gasteiger partial charge >= 0.3 is 0 Å². The summed E-state index contributed by atoms with van der Waals surface area (Å²) >= 11 is 5.97. The van der Waals surface area contributed by atoms with Crippen molar-refractivity contribution in [2.75, 3.05) is 42.5 Å². The number of sulfonamides is 2. The summed E-state index contributed by atoms with van der Waals surface area (Å²) in [7, 11) is -7.75. The van der Waals surface area contributed by atoms with E-state index in [9.17, 15) is 21.6 Å². The highest BCUT2D eigenvalue weighted by Gasteiger charge is 2.28. The molecule has 0 spiro atoms. The van der Waals surface area contributed by atoms with Crippen molar-refractivity contribution >= 4 is 48.9 Å². The quantitative estimate of drug-likeness (QED) is 0.449. The fourth-order valence-corrected chi connectivity index (χ4v) is 6.69. The van der Waals surface area contributed by atoms with Crippen molar-refractivity contribution in [2.45, 2.75) is 16.7 Å². The first-order valence-electron chi connectivity index (χ1n) is 11.4. The van der Waals surface area contributed by atoms with Crippen LogP contribution < -0.4 is 9.62 Å². The van der Waals surface area contributed by atoms with E-state index in [-0.39, 0.29) is 28.6 Å². The molecule has 37 heavy (non-hydrogen) atoms. The van der Waals surface area contributed by atoms with Gasteiger partial charge in [-0.15, -0.1) is 0 Å². The lowest BCUT2D eigenvalue weighted by molar-refractivity contribution is -0.114. The minimum absolute atomic E-state index is 0.0403. The Kier molecular flexibility index (Phi) is 8.20. The summed E-state index contributed by atoms with van der Waals surface area (Å²) in [5.41, 5.74) is 1.50. The molecule has 12 heteroatoms. The van der Waals surface area contributed by atoms with Gasteiger partial charge in [-0.2, -0.15) is 4.31 Å². The first kappa shape index (κ1) is 27.1. The number of nitrogens with one attached hydrogen (secondary N) is 1. The Morgan fingerprint density at radius 1 is 0.892 bits per heavy atom. The number of benzene rings is 3. The normalized spacial score (nSPS) is 14.8. The number of halogens is 1. The lowest BCUT2D eigenvalue weighted by Gasteiger charge is -2.26. The molecule has 3 aromatic carbocycles. The SMILES string of the molecule is Cc1ccc(S(=O)(=O)N(CC(=O)Nc2ccc(S(=O)(=O)N3CCOCC3)cc2)c2ccc(Cl)cc2)cc1. The van der Waals surface area contributed by atoms with Crippen LogP contribution in [0.15, 0.2) is 82.6 Å². The van der Waals surface area contributed by atoms with E-state index < -0.39 is 32.5 Å². The van der Waals surface area contributed by atoms with Gasteiger partial charge in [0.15, 0.2) is 0 Å². The zero-order valence-corrected chi connectivity index (χ0v) is 22.4. The highest BCUT2D eigenvalue weighted by molar-refractivity contribution is 7.92. The average Bonchev–Trinajstić information content (AvgIpc) is 2.89. The second kappa shape index (κ2) is 11.2. The number of nitrogens with zero attached hydrogens (tertiary/aromatic N) is 2. The van der Waals surface area contributed by atoms with Gasteiger partial charge in [0.1, 0.15) is 6.54 Å². The Morgan fingerprint density at radius 3 is 2.05 bits per heavy atom. The third-order valence-corrected chi connectivity index (χ3v) is 9.71. The molecule has 1 aliphatic rings. The lowest BCUT2D eigenvalue weighted by atomic mass is 10.2. The number of morpholine rings is 1. The van der Waals surface area contributed by atoms with Crippen molar-refractivity contribution in [3.05, 3.63) is 83.4 Å². The molecule has 3 aromatic rings. The molecule has 1 amide bonds. The summed E-state index contributed by atoms with van der Waals surface area (Å²) in [4.78, 5) is 13.1. The monoisotopic (exact) mass is 563 g/mol. The van der Waals surface area contributed by atoms with Crippen LogP contribution in [0.25, 0.3) is 0 Å². The topological polar surface area (TPSA) is 113 Å². The number of carbonyl (C=O) groups is 1. The van der Waals surface area contributed by atoms with Crippen molar-refractivity contribution in [3.8, 4) is 0 Å². The zero-order chi connectivity index (χ0) is 26.6. The number of aryl methyl sites for hydroxylation is 1. The molecule has 0 atom stereocenters. The molecule has 1 saturated heterocycles. The summed E-state index contributed by atoms with van der Waals surface area (Å²) < 4.78 is 60.1. The van der Waals surface area contributed by atoms with Gasteiger partial charge < -0.3 is 10.1 Å². The second-order valence-electron chi connectivity index (χ2n) is 8.39. The molecule has 0 unspecified atom stereocenters. The summed E-state index contributed by atoms with van der Waals surface area (Å²) in [6.45, 7) is 2.56. The summed E-state index contributed by atoms with van der Waals surface area (Å²) in [5, 5.41) is 3.07. The number of anilines is 2. The fraction of sp³-hybridized carbons (Fsp3) is 0.240. The minimum Gasteiger partial charge on any atom is -0.379 e. The highest BCUT2D eigenvalue weighted by Crippen LogP contribution is 2.26. The summed E-state index contributed by atoms with van der Waals surface area (Å²) in [6.07, 6.45) is 0. The number of ether oxygens (including phenoxy) is 1. The maximum absolute atomic E-state index is 13.5. The van der Waals surface area contributed by atoms with Crippen LogP contribution in [0.2, 0.25) is 5.02 Å². The molecular weight excluding hydrogens is 538 g/mol. The van der Waals surface area contributed by atoms with Gasteiger partial charge in [-0.25, -0.2) is 16.8 Å². The second-order valence-corrected chi connectivity index (χ2v) is 12.6. The predicted octanol–water partition coefficient (Wildman–Crippen LogP) is 3.50. The van der Waals surface area contributed by atoms with Crippen LogP contribution in [0.3, 0.4) is 0 Å². The van der Waals surface area contributed by atoms with Gasteiger partial charge in [0.25, 0.3) is 10.0 Å². The molecule has 0 aliphatic carbocycles. The number of hydrogen-bond acceptors (Lipinski definition) is 6. The van der Waals surface area contributed by atoms with E-state index in [2.05, 4.69) is 5.32 Å². The predicted molar refractivity (Wildman–Crippen MR) is 142 cm³/mol. The first-order chi connectivity index (χ1) is 17.6. The summed E-state index contributed by atoms with van der Waals surface area (Å²) in [5.74, 6) is -0.602. The molecule has 0 aromatic heterocycles. The molecule has 1 N–H and O–H groups in total. The largest absolute Gasteiger partial charge is 0.379 e. The van der Waals surface area contributed by atoms with Gasteiger partial charge in [-0.1, -0.05) is 29.3 Å².